The maximum Gasteiger partial charge on any atom is 0.295 e. The lowest BCUT2D eigenvalue weighted by Crippen LogP contribution is -2.33. The van der Waals surface area contributed by atoms with E-state index in [0.29, 0.717) is 4.91 Å². The number of thioether (sulfide) groups is 1. The molecule has 2 aromatic carbocycles. The Bertz CT molecular complexity index is 834. The zero-order chi connectivity index (χ0) is 17.8. The van der Waals surface area contributed by atoms with Gasteiger partial charge in [0.25, 0.3) is 11.1 Å². The molecule has 1 heterocycles. The highest BCUT2D eigenvalue weighted by molar-refractivity contribution is 9.10. The van der Waals surface area contributed by atoms with Gasteiger partial charge < -0.3 is 5.32 Å². The van der Waals surface area contributed by atoms with Crippen LogP contribution in [0.5, 0.6) is 0 Å². The van der Waals surface area contributed by atoms with E-state index in [2.05, 4.69) is 28.2 Å². The highest BCUT2D eigenvalue weighted by atomic mass is 79.9. The molecule has 128 valence electrons. The van der Waals surface area contributed by atoms with Gasteiger partial charge in [0.1, 0.15) is 0 Å². The fourth-order valence-corrected chi connectivity index (χ4v) is 3.67. The van der Waals surface area contributed by atoms with Crippen LogP contribution in [-0.2, 0) is 11.2 Å². The lowest BCUT2D eigenvalue weighted by Gasteiger charge is -2.14. The molecule has 0 atom stereocenters. The fourth-order valence-electron chi connectivity index (χ4n) is 2.41. The lowest BCUT2D eigenvalue weighted by molar-refractivity contribution is -0.122. The molecule has 1 aliphatic rings. The first-order chi connectivity index (χ1) is 12.1. The van der Waals surface area contributed by atoms with Gasteiger partial charge in [-0.1, -0.05) is 47.1 Å². The molecule has 1 N–H and O–H groups in total. The molecule has 1 saturated heterocycles. The summed E-state index contributed by atoms with van der Waals surface area (Å²) in [5.41, 5.74) is 3.00. The van der Waals surface area contributed by atoms with Crippen molar-refractivity contribution in [3.8, 4) is 0 Å². The summed E-state index contributed by atoms with van der Waals surface area (Å²) in [7, 11) is 0. The largest absolute Gasteiger partial charge is 0.367 e. The number of hydrogen-bond acceptors (Lipinski definition) is 4. The van der Waals surface area contributed by atoms with E-state index in [9.17, 15) is 9.59 Å². The molecule has 1 aliphatic heterocycles. The SMILES string of the molecule is CCc1ccc(NCN2C(=O)S/C(=C/c3cccc(Br)c3)C2=O)cc1. The Kier molecular flexibility index (Phi) is 5.60. The number of anilines is 1. The van der Waals surface area contributed by atoms with Gasteiger partial charge in [-0.05, 0) is 59.7 Å². The van der Waals surface area contributed by atoms with Crippen molar-refractivity contribution in [2.45, 2.75) is 13.3 Å². The second-order valence-corrected chi connectivity index (χ2v) is 7.46. The standard InChI is InChI=1S/C19H17BrN2O2S/c1-2-13-6-8-16(9-7-13)21-12-22-18(23)17(25-19(22)24)11-14-4-3-5-15(20)10-14/h3-11,21H,2,12H2,1H3/b17-11+. The van der Waals surface area contributed by atoms with Crippen molar-refractivity contribution in [3.63, 3.8) is 0 Å². The van der Waals surface area contributed by atoms with Crippen LogP contribution < -0.4 is 5.32 Å². The molecule has 6 heteroatoms. The number of hydrogen-bond donors (Lipinski definition) is 1. The molecule has 2 amide bonds. The molecule has 0 bridgehead atoms. The Morgan fingerprint density at radius 2 is 1.92 bits per heavy atom. The topological polar surface area (TPSA) is 49.4 Å². The second-order valence-electron chi connectivity index (χ2n) is 5.55. The van der Waals surface area contributed by atoms with Crippen molar-refractivity contribution in [1.29, 1.82) is 0 Å². The summed E-state index contributed by atoms with van der Waals surface area (Å²) >= 11 is 4.37. The van der Waals surface area contributed by atoms with Gasteiger partial charge in [-0.15, -0.1) is 0 Å². The van der Waals surface area contributed by atoms with E-state index in [-0.39, 0.29) is 17.8 Å². The maximum atomic E-state index is 12.5. The van der Waals surface area contributed by atoms with Gasteiger partial charge >= 0.3 is 0 Å². The summed E-state index contributed by atoms with van der Waals surface area (Å²) in [6, 6.07) is 15.6. The van der Waals surface area contributed by atoms with Gasteiger partial charge in [-0.25, -0.2) is 0 Å². The average molecular weight is 417 g/mol. The molecule has 4 nitrogen and oxygen atoms in total. The molecule has 0 aromatic heterocycles. The third-order valence-corrected chi connectivity index (χ3v) is 5.22. The smallest absolute Gasteiger partial charge is 0.295 e. The molecular formula is C19H17BrN2O2S. The number of amides is 2. The van der Waals surface area contributed by atoms with Crippen molar-refractivity contribution in [2.75, 3.05) is 12.0 Å². The molecule has 0 unspecified atom stereocenters. The van der Waals surface area contributed by atoms with E-state index < -0.39 is 0 Å². The van der Waals surface area contributed by atoms with E-state index >= 15 is 0 Å². The molecule has 1 fully saturated rings. The van der Waals surface area contributed by atoms with Crippen LogP contribution in [0.1, 0.15) is 18.1 Å². The van der Waals surface area contributed by atoms with E-state index in [1.165, 1.54) is 10.5 Å². The number of rotatable bonds is 5. The zero-order valence-electron chi connectivity index (χ0n) is 13.7. The van der Waals surface area contributed by atoms with Crippen molar-refractivity contribution in [3.05, 3.63) is 69.0 Å². The van der Waals surface area contributed by atoms with E-state index in [1.54, 1.807) is 6.08 Å². The summed E-state index contributed by atoms with van der Waals surface area (Å²) in [4.78, 5) is 26.3. The van der Waals surface area contributed by atoms with Crippen LogP contribution in [-0.4, -0.2) is 22.7 Å². The highest BCUT2D eigenvalue weighted by Gasteiger charge is 2.34. The number of aryl methyl sites for hydroxylation is 1. The predicted molar refractivity (Wildman–Crippen MR) is 106 cm³/mol. The lowest BCUT2D eigenvalue weighted by atomic mass is 10.1. The summed E-state index contributed by atoms with van der Waals surface area (Å²) < 4.78 is 0.928. The van der Waals surface area contributed by atoms with E-state index in [1.807, 2.05) is 48.5 Å². The second kappa shape index (κ2) is 7.89. The number of benzene rings is 2. The van der Waals surface area contributed by atoms with Crippen LogP contribution in [0.4, 0.5) is 10.5 Å². The molecule has 0 radical (unpaired) electrons. The van der Waals surface area contributed by atoms with Crippen LogP contribution in [0.2, 0.25) is 0 Å². The number of carbonyl (C=O) groups excluding carboxylic acids is 2. The van der Waals surface area contributed by atoms with E-state index in [4.69, 9.17) is 0 Å². The molecule has 0 aliphatic carbocycles. The number of nitrogens with zero attached hydrogens (tertiary/aromatic N) is 1. The summed E-state index contributed by atoms with van der Waals surface area (Å²) in [6.07, 6.45) is 2.72. The number of carbonyl (C=O) groups is 2. The Balaban J connectivity index is 1.68. The van der Waals surface area contributed by atoms with Crippen molar-refractivity contribution >= 4 is 50.6 Å². The van der Waals surface area contributed by atoms with Gasteiger partial charge in [0.15, 0.2) is 0 Å². The fraction of sp³-hybridized carbons (Fsp3) is 0.158. The summed E-state index contributed by atoms with van der Waals surface area (Å²) in [6.45, 7) is 2.26. The molecule has 3 rings (SSSR count). The molecule has 0 saturated carbocycles. The van der Waals surface area contributed by atoms with Gasteiger partial charge in [0.05, 0.1) is 11.6 Å². The number of imide groups is 1. The quantitative estimate of drug-likeness (QED) is 0.687. The van der Waals surface area contributed by atoms with Crippen molar-refractivity contribution < 1.29 is 9.59 Å². The minimum atomic E-state index is -0.271. The van der Waals surface area contributed by atoms with Crippen LogP contribution in [0.3, 0.4) is 0 Å². The minimum absolute atomic E-state index is 0.159. The molecule has 2 aromatic rings. The summed E-state index contributed by atoms with van der Waals surface area (Å²) in [5, 5.41) is 2.87. The first-order valence-corrected chi connectivity index (χ1v) is 9.51. The molecule has 25 heavy (non-hydrogen) atoms. The Morgan fingerprint density at radius 3 is 2.60 bits per heavy atom. The maximum absolute atomic E-state index is 12.5. The zero-order valence-corrected chi connectivity index (χ0v) is 16.1. The van der Waals surface area contributed by atoms with Gasteiger partial charge in [-0.2, -0.15) is 0 Å². The van der Waals surface area contributed by atoms with Crippen LogP contribution in [0.25, 0.3) is 6.08 Å². The molecule has 0 spiro atoms. The Hall–Kier alpha value is -2.05. The van der Waals surface area contributed by atoms with Gasteiger partial charge in [0.2, 0.25) is 0 Å². The van der Waals surface area contributed by atoms with Crippen LogP contribution in [0, 0.1) is 0 Å². The third-order valence-electron chi connectivity index (χ3n) is 3.82. The highest BCUT2D eigenvalue weighted by Crippen LogP contribution is 2.32. The Labute approximate surface area is 159 Å². The third kappa shape index (κ3) is 4.32. The average Bonchev–Trinajstić information content (AvgIpc) is 2.87. The normalized spacial score (nSPS) is 15.9. The van der Waals surface area contributed by atoms with Crippen molar-refractivity contribution in [1.82, 2.24) is 4.90 Å². The predicted octanol–water partition coefficient (Wildman–Crippen LogP) is 5.12. The van der Waals surface area contributed by atoms with Crippen LogP contribution in [0.15, 0.2) is 57.9 Å². The van der Waals surface area contributed by atoms with Crippen molar-refractivity contribution in [2.24, 2.45) is 0 Å². The van der Waals surface area contributed by atoms with Crippen LogP contribution >= 0.6 is 27.7 Å². The van der Waals surface area contributed by atoms with E-state index in [0.717, 1.165) is 33.9 Å². The van der Waals surface area contributed by atoms with Gasteiger partial charge in [0, 0.05) is 10.2 Å². The minimum Gasteiger partial charge on any atom is -0.367 e. The first-order valence-electron chi connectivity index (χ1n) is 7.90. The Morgan fingerprint density at radius 1 is 1.16 bits per heavy atom. The summed E-state index contributed by atoms with van der Waals surface area (Å²) in [5.74, 6) is -0.271. The van der Waals surface area contributed by atoms with Gasteiger partial charge in [-0.3, -0.25) is 14.5 Å². The first kappa shape index (κ1) is 17.8. The molecular weight excluding hydrogens is 400 g/mol. The number of halogens is 1. The monoisotopic (exact) mass is 416 g/mol. The number of nitrogens with one attached hydrogen (secondary N) is 1.